The third kappa shape index (κ3) is 8.45. The van der Waals surface area contributed by atoms with Gasteiger partial charge in [-0.1, -0.05) is 120 Å². The molecule has 8 heteroatoms. The molecule has 1 aromatic heterocycles. The Morgan fingerprint density at radius 2 is 0.841 bits per heavy atom. The van der Waals surface area contributed by atoms with Crippen LogP contribution < -0.4 is 28.7 Å². The molecule has 44 heavy (non-hydrogen) atoms. The van der Waals surface area contributed by atoms with E-state index in [0.29, 0.717) is 0 Å². The van der Waals surface area contributed by atoms with Crippen molar-refractivity contribution in [1.82, 2.24) is 0 Å². The molecule has 0 aliphatic rings. The van der Waals surface area contributed by atoms with Crippen molar-refractivity contribution in [3.05, 3.63) is 169 Å². The number of aliphatic imine (C=N–C) groups is 1. The highest BCUT2D eigenvalue weighted by Gasteiger charge is 2.25. The van der Waals surface area contributed by atoms with Gasteiger partial charge in [-0.05, 0) is 47.5 Å². The average Bonchev–Trinajstić information content (AvgIpc) is 3.06. The molecule has 0 unspecified atom stereocenters. The smallest absolute Gasteiger partial charge is 0.226 e. The molecule has 1 N–H and O–H groups in total. The van der Waals surface area contributed by atoms with E-state index < -0.39 is 10.2 Å². The summed E-state index contributed by atoms with van der Waals surface area (Å²) in [5.74, 6) is 0.758. The molecule has 0 aliphatic carbocycles. The highest BCUT2D eigenvalue weighted by Crippen LogP contribution is 2.29. The van der Waals surface area contributed by atoms with Gasteiger partial charge in [0.05, 0.1) is 5.69 Å². The number of hydrogen-bond acceptors (Lipinski definition) is 5. The Morgan fingerprint density at radius 3 is 1.27 bits per heavy atom. The molecule has 0 aliphatic heterocycles. The highest BCUT2D eigenvalue weighted by molar-refractivity contribution is 6.04. The number of halogens is 1. The van der Waals surface area contributed by atoms with E-state index >= 15 is 0 Å². The van der Waals surface area contributed by atoms with Crippen LogP contribution in [0.1, 0.15) is 5.56 Å². The molecule has 5 aromatic carbocycles. The minimum absolute atomic E-state index is 0.758. The maximum absolute atomic E-state index is 8.49. The van der Waals surface area contributed by atoms with Gasteiger partial charge in [0.15, 0.2) is 5.84 Å². The van der Waals surface area contributed by atoms with E-state index in [-0.39, 0.29) is 0 Å². The number of nitrogens with one attached hydrogen (secondary N) is 1. The van der Waals surface area contributed by atoms with E-state index in [1.54, 1.807) is 0 Å². The van der Waals surface area contributed by atoms with Gasteiger partial charge in [0.25, 0.3) is 0 Å². The number of aromatic nitrogens is 1. The van der Waals surface area contributed by atoms with E-state index in [9.17, 15) is 0 Å². The lowest BCUT2D eigenvalue weighted by molar-refractivity contribution is -2.00. The molecule has 0 saturated carbocycles. The maximum atomic E-state index is 8.49. The Bertz CT molecular complexity index is 1730. The maximum Gasteiger partial charge on any atom is 0.244 e. The summed E-state index contributed by atoms with van der Waals surface area (Å²) in [5, 5.41) is 0. The molecule has 0 fully saturated rings. The first-order valence-electron chi connectivity index (χ1n) is 13.7. The summed E-state index contributed by atoms with van der Waals surface area (Å²) < 4.78 is 36.1. The van der Waals surface area contributed by atoms with Crippen LogP contribution in [-0.2, 0) is 0 Å². The van der Waals surface area contributed by atoms with Crippen LogP contribution in [0.3, 0.4) is 0 Å². The van der Waals surface area contributed by atoms with Crippen molar-refractivity contribution < 1.29 is 33.6 Å². The van der Waals surface area contributed by atoms with Crippen LogP contribution >= 0.6 is 0 Å². The molecular weight excluding hydrogens is 574 g/mol. The van der Waals surface area contributed by atoms with Crippen molar-refractivity contribution >= 4 is 11.5 Å². The summed E-state index contributed by atoms with van der Waals surface area (Å²) in [6.07, 6.45) is 0. The van der Waals surface area contributed by atoms with Crippen molar-refractivity contribution in [2.24, 2.45) is 4.99 Å². The lowest BCUT2D eigenvalue weighted by atomic mass is 9.99. The van der Waals surface area contributed by atoms with Crippen LogP contribution in [0.15, 0.2) is 169 Å². The summed E-state index contributed by atoms with van der Waals surface area (Å²) in [7, 11) is -4.94. The Morgan fingerprint density at radius 1 is 0.477 bits per heavy atom. The van der Waals surface area contributed by atoms with E-state index in [4.69, 9.17) is 23.6 Å². The minimum atomic E-state index is -4.94. The van der Waals surface area contributed by atoms with Gasteiger partial charge >= 0.3 is 0 Å². The molecular formula is C36H28ClN3O4. The van der Waals surface area contributed by atoms with Gasteiger partial charge in [-0.2, -0.15) is 0 Å². The van der Waals surface area contributed by atoms with Crippen molar-refractivity contribution in [2.45, 2.75) is 0 Å². The number of rotatable bonds is 6. The van der Waals surface area contributed by atoms with Crippen LogP contribution in [0, 0.1) is 10.2 Å². The number of hydrogen-bond donors (Lipinski definition) is 1. The Hall–Kier alpha value is -5.15. The number of nitrogens with zero attached hydrogens (tertiary/aromatic N) is 2. The molecule has 0 spiro atoms. The van der Waals surface area contributed by atoms with Gasteiger partial charge in [0.1, 0.15) is 0 Å². The topological polar surface area (TPSA) is 121 Å². The van der Waals surface area contributed by atoms with Crippen LogP contribution in [0.4, 0.5) is 5.69 Å². The van der Waals surface area contributed by atoms with Crippen molar-refractivity contribution in [3.8, 4) is 33.6 Å². The predicted molar refractivity (Wildman–Crippen MR) is 161 cm³/mol. The second-order valence-electron chi connectivity index (χ2n) is 9.60. The minimum Gasteiger partial charge on any atom is -0.226 e. The normalized spacial score (nSPS) is 11.3. The summed E-state index contributed by atoms with van der Waals surface area (Å²) in [6.45, 7) is 0. The predicted octanol–water partition coefficient (Wildman–Crippen LogP) is 3.54. The zero-order valence-corrected chi connectivity index (χ0v) is 24.2. The molecule has 6 aromatic rings. The molecule has 0 radical (unpaired) electrons. The van der Waals surface area contributed by atoms with Gasteiger partial charge in [0, 0.05) is 28.8 Å². The monoisotopic (exact) mass is 601 g/mol. The third-order valence-corrected chi connectivity index (χ3v) is 6.57. The standard InChI is InChI=1S/C36H28N3.ClHO4/c1-6-16-28(17-7-1)32-26-34(29-18-8-2-9-19-29)39(35(27-32)30-20-10-3-11-21-30)38-36(31-22-12-4-13-23-31)37-33-24-14-5-15-25-33;2-1(3,4)5/h1-27H,(H,37,38);(H,2,3,4,5)/q+1;/p-1. The van der Waals surface area contributed by atoms with Crippen molar-refractivity contribution in [3.63, 3.8) is 0 Å². The zero-order chi connectivity index (χ0) is 30.8. The summed E-state index contributed by atoms with van der Waals surface area (Å²) in [6, 6.07) is 56.3. The average molecular weight is 602 g/mol. The van der Waals surface area contributed by atoms with Crippen LogP contribution in [0.2, 0.25) is 0 Å². The fourth-order valence-electron chi connectivity index (χ4n) is 4.64. The quantitative estimate of drug-likeness (QED) is 0.178. The number of pyridine rings is 1. The van der Waals surface area contributed by atoms with Crippen molar-refractivity contribution in [2.75, 3.05) is 5.43 Å². The second kappa shape index (κ2) is 14.3. The molecule has 0 bridgehead atoms. The molecule has 6 rings (SSSR count). The van der Waals surface area contributed by atoms with Crippen molar-refractivity contribution in [1.29, 1.82) is 0 Å². The van der Waals surface area contributed by atoms with Gasteiger partial charge < -0.3 is 0 Å². The van der Waals surface area contributed by atoms with E-state index in [2.05, 4.69) is 113 Å². The molecule has 218 valence electrons. The van der Waals surface area contributed by atoms with E-state index in [1.165, 1.54) is 5.56 Å². The zero-order valence-electron chi connectivity index (χ0n) is 23.5. The van der Waals surface area contributed by atoms with E-state index in [1.807, 2.05) is 60.7 Å². The fourth-order valence-corrected chi connectivity index (χ4v) is 4.64. The fraction of sp³-hybridized carbons (Fsp3) is 0. The Balaban J connectivity index is 0.000000712. The van der Waals surface area contributed by atoms with Crippen LogP contribution in [0.5, 0.6) is 0 Å². The summed E-state index contributed by atoms with van der Waals surface area (Å²) in [4.78, 5) is 5.06. The summed E-state index contributed by atoms with van der Waals surface area (Å²) in [5.41, 5.74) is 12.2. The highest BCUT2D eigenvalue weighted by atomic mass is 35.7. The molecule has 0 amide bonds. The first kappa shape index (κ1) is 30.3. The molecule has 0 saturated heterocycles. The number of amidine groups is 1. The molecule has 1 heterocycles. The molecule has 0 atom stereocenters. The van der Waals surface area contributed by atoms with Crippen LogP contribution in [0.25, 0.3) is 33.6 Å². The van der Waals surface area contributed by atoms with Gasteiger partial charge in [-0.3, -0.25) is 0 Å². The first-order valence-corrected chi connectivity index (χ1v) is 14.9. The number of para-hydroxylation sites is 1. The number of benzene rings is 5. The van der Waals surface area contributed by atoms with Gasteiger partial charge in [-0.15, -0.1) is 15.7 Å². The molecule has 7 nitrogen and oxygen atoms in total. The Kier molecular flexibility index (Phi) is 9.89. The van der Waals surface area contributed by atoms with Crippen LogP contribution in [-0.4, -0.2) is 5.84 Å². The summed E-state index contributed by atoms with van der Waals surface area (Å²) >= 11 is 0. The van der Waals surface area contributed by atoms with E-state index in [0.717, 1.165) is 45.2 Å². The lowest BCUT2D eigenvalue weighted by Gasteiger charge is -2.17. The first-order chi connectivity index (χ1) is 21.3. The second-order valence-corrected chi connectivity index (χ2v) is 10.4. The SMILES string of the molecule is [O-][Cl+3]([O-])([O-])[O-].c1ccc(N=C(N[n+]2c(-c3ccccc3)cc(-c3ccccc3)cc2-c2ccccc2)c2ccccc2)cc1. The van der Waals surface area contributed by atoms with Gasteiger partial charge in [-0.25, -0.2) is 23.6 Å². The van der Waals surface area contributed by atoms with Gasteiger partial charge in [0.2, 0.25) is 11.4 Å². The third-order valence-electron chi connectivity index (χ3n) is 6.57. The largest absolute Gasteiger partial charge is 0.244 e. The lowest BCUT2D eigenvalue weighted by Crippen LogP contribution is -2.68. The Labute approximate surface area is 258 Å².